The Morgan fingerprint density at radius 3 is 2.58 bits per heavy atom. The zero-order valence-electron chi connectivity index (χ0n) is 16.0. The van der Waals surface area contributed by atoms with Crippen molar-refractivity contribution in [2.75, 3.05) is 5.43 Å². The first kappa shape index (κ1) is 20.0. The van der Waals surface area contributed by atoms with Crippen LogP contribution >= 0.6 is 38.9 Å². The minimum Gasteiger partial charge on any atom is -0.436 e. The van der Waals surface area contributed by atoms with Gasteiger partial charge in [-0.25, -0.2) is 4.98 Å². The lowest BCUT2D eigenvalue weighted by Gasteiger charge is -2.04. The highest BCUT2D eigenvalue weighted by molar-refractivity contribution is 9.10. The van der Waals surface area contributed by atoms with Crippen LogP contribution in [0.4, 0.5) is 5.69 Å². The smallest absolute Gasteiger partial charge is 0.246 e. The van der Waals surface area contributed by atoms with Crippen LogP contribution < -0.4 is 11.0 Å². The molecule has 0 aliphatic rings. The maximum Gasteiger partial charge on any atom is 0.246 e. The second-order valence-corrected chi connectivity index (χ2v) is 8.99. The van der Waals surface area contributed by atoms with Gasteiger partial charge in [0.1, 0.15) is 10.6 Å². The number of hydrogen-bond acceptors (Lipinski definition) is 5. The Morgan fingerprint density at radius 1 is 0.968 bits per heavy atom. The maximum absolute atomic E-state index is 6.20. The summed E-state index contributed by atoms with van der Waals surface area (Å²) < 4.78 is 7.16. The third kappa shape index (κ3) is 4.42. The second kappa shape index (κ2) is 8.67. The van der Waals surface area contributed by atoms with Crippen LogP contribution in [0.2, 0.25) is 5.02 Å². The first-order valence-corrected chi connectivity index (χ1v) is 11.5. The fourth-order valence-corrected chi connectivity index (χ4v) is 4.40. The van der Waals surface area contributed by atoms with Crippen LogP contribution in [0, 0.1) is 0 Å². The van der Waals surface area contributed by atoms with Gasteiger partial charge in [-0.15, -0.1) is 16.4 Å². The number of benzene rings is 3. The third-order valence-electron chi connectivity index (χ3n) is 4.64. The molecule has 3 aromatic carbocycles. The molecule has 0 saturated carbocycles. The lowest BCUT2D eigenvalue weighted by atomic mass is 10.1. The largest absolute Gasteiger partial charge is 0.436 e. The first-order valence-electron chi connectivity index (χ1n) is 9.46. The predicted molar refractivity (Wildman–Crippen MR) is 131 cm³/mol. The highest BCUT2D eigenvalue weighted by Gasteiger charge is 2.12. The van der Waals surface area contributed by atoms with Crippen molar-refractivity contribution in [2.45, 2.75) is 0 Å². The van der Waals surface area contributed by atoms with E-state index < -0.39 is 0 Å². The molecule has 0 amide bonds. The topological polar surface area (TPSA) is 50.4 Å². The minimum absolute atomic E-state index is 0.454. The average Bonchev–Trinajstić information content (AvgIpc) is 3.28. The van der Waals surface area contributed by atoms with E-state index in [4.69, 9.17) is 21.0 Å². The lowest BCUT2D eigenvalue weighted by molar-refractivity contribution is 0.543. The van der Waals surface area contributed by atoms with Crippen LogP contribution in [0.1, 0.15) is 0 Å². The number of nitrogens with one attached hydrogen (secondary N) is 1. The van der Waals surface area contributed by atoms with Gasteiger partial charge in [-0.3, -0.25) is 5.43 Å². The van der Waals surface area contributed by atoms with Crippen LogP contribution in [-0.2, 0) is 0 Å². The zero-order chi connectivity index (χ0) is 21.2. The Morgan fingerprint density at radius 2 is 1.77 bits per heavy atom. The van der Waals surface area contributed by atoms with Crippen LogP contribution in [-0.4, -0.2) is 4.98 Å². The molecule has 0 aliphatic carbocycles. The molecule has 5 rings (SSSR count). The minimum atomic E-state index is 0.454. The second-order valence-electron chi connectivity index (χ2n) is 6.78. The standard InChI is InChI=1S/C24H15BrClN3OS/c25-17-8-6-15(7-9-17)21-14-31-24(27-21)20-13-16-12-18(26)10-11-22(16)30-23(20)29-28-19-4-2-1-3-5-19/h1-14,28H. The summed E-state index contributed by atoms with van der Waals surface area (Å²) in [5.41, 5.74) is 7.84. The van der Waals surface area contributed by atoms with E-state index in [-0.39, 0.29) is 0 Å². The number of halogens is 2. The molecule has 4 nitrogen and oxygen atoms in total. The molecule has 0 spiro atoms. The van der Waals surface area contributed by atoms with E-state index in [1.807, 2.05) is 78.2 Å². The van der Waals surface area contributed by atoms with Crippen LogP contribution in [0.5, 0.6) is 0 Å². The number of thiazole rings is 1. The summed E-state index contributed by atoms with van der Waals surface area (Å²) in [6.45, 7) is 0. The highest BCUT2D eigenvalue weighted by Crippen LogP contribution is 2.30. The van der Waals surface area contributed by atoms with E-state index in [9.17, 15) is 0 Å². The van der Waals surface area contributed by atoms with E-state index in [1.54, 1.807) is 17.4 Å². The molecule has 0 aliphatic heterocycles. The molecule has 5 aromatic rings. The fourth-order valence-electron chi connectivity index (χ4n) is 3.12. The first-order chi connectivity index (χ1) is 15.2. The number of aromatic nitrogens is 1. The van der Waals surface area contributed by atoms with E-state index >= 15 is 0 Å². The molecule has 0 saturated heterocycles. The van der Waals surface area contributed by atoms with Crippen molar-refractivity contribution in [1.29, 1.82) is 0 Å². The lowest BCUT2D eigenvalue weighted by Crippen LogP contribution is -2.09. The van der Waals surface area contributed by atoms with Gasteiger partial charge in [0.15, 0.2) is 0 Å². The van der Waals surface area contributed by atoms with Gasteiger partial charge in [0, 0.05) is 25.8 Å². The van der Waals surface area contributed by atoms with Gasteiger partial charge >= 0.3 is 0 Å². The van der Waals surface area contributed by atoms with Gasteiger partial charge in [0.2, 0.25) is 5.55 Å². The monoisotopic (exact) mass is 507 g/mol. The average molecular weight is 509 g/mol. The summed E-state index contributed by atoms with van der Waals surface area (Å²) in [5, 5.41) is 8.92. The molecule has 0 fully saturated rings. The highest BCUT2D eigenvalue weighted by atomic mass is 79.9. The molecule has 2 aromatic heterocycles. The zero-order valence-corrected chi connectivity index (χ0v) is 19.2. The summed E-state index contributed by atoms with van der Waals surface area (Å²) in [6, 6.07) is 25.4. The van der Waals surface area contributed by atoms with Crippen LogP contribution in [0.25, 0.3) is 32.8 Å². The quantitative estimate of drug-likeness (QED) is 0.255. The molecule has 0 radical (unpaired) electrons. The van der Waals surface area contributed by atoms with Gasteiger partial charge < -0.3 is 4.42 Å². The van der Waals surface area contributed by atoms with Crippen molar-refractivity contribution in [3.63, 3.8) is 0 Å². The fraction of sp³-hybridized carbons (Fsp3) is 0. The van der Waals surface area contributed by atoms with E-state index in [1.165, 1.54) is 0 Å². The van der Waals surface area contributed by atoms with Gasteiger partial charge in [-0.2, -0.15) is 0 Å². The number of nitrogens with zero attached hydrogens (tertiary/aromatic N) is 2. The van der Waals surface area contributed by atoms with Gasteiger partial charge in [0.05, 0.1) is 16.9 Å². The number of rotatable bonds is 4. The van der Waals surface area contributed by atoms with E-state index in [0.29, 0.717) is 16.2 Å². The van der Waals surface area contributed by atoms with Crippen molar-refractivity contribution in [3.8, 4) is 21.8 Å². The Hall–Kier alpha value is -2.93. The summed E-state index contributed by atoms with van der Waals surface area (Å²) in [7, 11) is 0. The molecule has 0 atom stereocenters. The summed E-state index contributed by atoms with van der Waals surface area (Å²) >= 11 is 11.2. The molecule has 1 N–H and O–H groups in total. The molecular weight excluding hydrogens is 494 g/mol. The molecule has 31 heavy (non-hydrogen) atoms. The molecule has 7 heteroatoms. The van der Waals surface area contributed by atoms with Gasteiger partial charge in [-0.05, 0) is 48.5 Å². The SMILES string of the molecule is Clc1ccc2oc(=NNc3ccccc3)c(-c3nc(-c4ccc(Br)cc4)cs3)cc2c1. The molecule has 0 unspecified atom stereocenters. The van der Waals surface area contributed by atoms with Crippen LogP contribution in [0.3, 0.4) is 0 Å². The van der Waals surface area contributed by atoms with E-state index in [0.717, 1.165) is 37.4 Å². The Kier molecular flexibility index (Phi) is 5.59. The van der Waals surface area contributed by atoms with Crippen molar-refractivity contribution in [3.05, 3.63) is 99.3 Å². The Labute approximate surface area is 196 Å². The number of fused-ring (bicyclic) bond motifs is 1. The number of anilines is 1. The van der Waals surface area contributed by atoms with Crippen LogP contribution in [0.15, 0.2) is 98.2 Å². The molecule has 152 valence electrons. The van der Waals surface area contributed by atoms with Crippen molar-refractivity contribution >= 4 is 55.5 Å². The molecule has 2 heterocycles. The molecule has 0 bridgehead atoms. The predicted octanol–water partition coefficient (Wildman–Crippen LogP) is 7.57. The van der Waals surface area contributed by atoms with E-state index in [2.05, 4.69) is 26.5 Å². The summed E-state index contributed by atoms with van der Waals surface area (Å²) in [5.74, 6) is 0. The van der Waals surface area contributed by atoms with Gasteiger partial charge in [0.25, 0.3) is 0 Å². The Bertz CT molecular complexity index is 1430. The molecular formula is C24H15BrClN3OS. The summed E-state index contributed by atoms with van der Waals surface area (Å²) in [6.07, 6.45) is 0. The maximum atomic E-state index is 6.20. The Balaban J connectivity index is 1.63. The van der Waals surface area contributed by atoms with Crippen molar-refractivity contribution in [2.24, 2.45) is 5.10 Å². The normalized spacial score (nSPS) is 11.7. The summed E-state index contributed by atoms with van der Waals surface area (Å²) in [4.78, 5) is 4.85. The number of hydrogen-bond donors (Lipinski definition) is 1. The van der Waals surface area contributed by atoms with Gasteiger partial charge in [-0.1, -0.05) is 57.9 Å². The third-order valence-corrected chi connectivity index (χ3v) is 6.28. The van der Waals surface area contributed by atoms with Crippen molar-refractivity contribution < 1.29 is 4.42 Å². The number of para-hydroxylation sites is 1. The van der Waals surface area contributed by atoms with Crippen molar-refractivity contribution in [1.82, 2.24) is 4.98 Å².